The van der Waals surface area contributed by atoms with Crippen LogP contribution in [0.15, 0.2) is 47.6 Å². The number of hydrogen-bond donors (Lipinski definition) is 2. The Bertz CT molecular complexity index is 1060. The van der Waals surface area contributed by atoms with Crippen LogP contribution in [-0.2, 0) is 4.79 Å². The molecular weight excluding hydrogens is 466 g/mol. The summed E-state index contributed by atoms with van der Waals surface area (Å²) in [6.07, 6.45) is -4.78. The van der Waals surface area contributed by atoms with E-state index < -0.39 is 18.0 Å². The van der Waals surface area contributed by atoms with Crippen LogP contribution < -0.4 is 15.9 Å². The van der Waals surface area contributed by atoms with E-state index in [9.17, 15) is 18.0 Å². The number of nitrogen functional groups attached to an aromatic ring is 1. The molecular formula is C17H12Cl2F3N5O2S. The molecule has 7 nitrogen and oxygen atoms in total. The lowest BCUT2D eigenvalue weighted by atomic mass is 10.2. The van der Waals surface area contributed by atoms with Gasteiger partial charge in [0, 0.05) is 16.3 Å². The quantitative estimate of drug-likeness (QED) is 0.398. The van der Waals surface area contributed by atoms with Gasteiger partial charge in [0.15, 0.2) is 5.82 Å². The molecule has 0 bridgehead atoms. The molecule has 0 saturated heterocycles. The van der Waals surface area contributed by atoms with Crippen molar-refractivity contribution in [2.24, 2.45) is 0 Å². The van der Waals surface area contributed by atoms with Gasteiger partial charge >= 0.3 is 6.36 Å². The third-order valence-corrected chi connectivity index (χ3v) is 5.05. The Kier molecular flexibility index (Phi) is 6.64. The molecule has 158 valence electrons. The van der Waals surface area contributed by atoms with Gasteiger partial charge in [0.25, 0.3) is 0 Å². The van der Waals surface area contributed by atoms with Crippen LogP contribution in [0.4, 0.5) is 18.9 Å². The van der Waals surface area contributed by atoms with Gasteiger partial charge in [-0.2, -0.15) is 0 Å². The first-order valence-corrected chi connectivity index (χ1v) is 9.81. The van der Waals surface area contributed by atoms with E-state index >= 15 is 0 Å². The summed E-state index contributed by atoms with van der Waals surface area (Å²) in [5, 5.41) is 11.5. The number of rotatable bonds is 6. The molecule has 0 atom stereocenters. The Balaban J connectivity index is 1.60. The zero-order valence-electron chi connectivity index (χ0n) is 14.8. The number of amides is 1. The predicted molar refractivity (Wildman–Crippen MR) is 108 cm³/mol. The van der Waals surface area contributed by atoms with Crippen molar-refractivity contribution in [3.63, 3.8) is 0 Å². The number of nitrogens with one attached hydrogen (secondary N) is 1. The lowest BCUT2D eigenvalue weighted by molar-refractivity contribution is -0.274. The number of alkyl halides is 3. The number of thioether (sulfide) groups is 1. The average Bonchev–Trinajstić information content (AvgIpc) is 3.03. The average molecular weight is 478 g/mol. The summed E-state index contributed by atoms with van der Waals surface area (Å²) in [5.41, 5.74) is 0.785. The molecule has 3 aromatic rings. The number of ether oxygens (including phenoxy) is 1. The maximum atomic E-state index is 12.2. The van der Waals surface area contributed by atoms with Crippen LogP contribution in [0, 0.1) is 0 Å². The molecule has 3 rings (SSSR count). The second-order valence-corrected chi connectivity index (χ2v) is 7.50. The van der Waals surface area contributed by atoms with Gasteiger partial charge in [-0.15, -0.1) is 23.4 Å². The van der Waals surface area contributed by atoms with E-state index in [0.29, 0.717) is 21.3 Å². The van der Waals surface area contributed by atoms with Crippen molar-refractivity contribution in [2.45, 2.75) is 11.5 Å². The van der Waals surface area contributed by atoms with E-state index in [1.807, 2.05) is 0 Å². The van der Waals surface area contributed by atoms with Crippen molar-refractivity contribution in [3.8, 4) is 17.1 Å². The minimum atomic E-state index is -4.78. The molecule has 0 fully saturated rings. The molecule has 0 aliphatic rings. The lowest BCUT2D eigenvalue weighted by Gasteiger charge is -2.10. The fourth-order valence-corrected chi connectivity index (χ4v) is 3.33. The van der Waals surface area contributed by atoms with Crippen LogP contribution in [-0.4, -0.2) is 32.9 Å². The second-order valence-electron chi connectivity index (χ2n) is 5.71. The number of hydrogen-bond acceptors (Lipinski definition) is 6. The summed E-state index contributed by atoms with van der Waals surface area (Å²) in [5.74, 6) is 5.38. The summed E-state index contributed by atoms with van der Waals surface area (Å²) >= 11 is 13.1. The zero-order valence-corrected chi connectivity index (χ0v) is 17.1. The highest BCUT2D eigenvalue weighted by molar-refractivity contribution is 7.99. The molecule has 0 unspecified atom stereocenters. The third-order valence-electron chi connectivity index (χ3n) is 3.54. The van der Waals surface area contributed by atoms with E-state index in [1.165, 1.54) is 16.8 Å². The molecule has 3 N–H and O–H groups in total. The number of anilines is 1. The van der Waals surface area contributed by atoms with E-state index in [1.54, 1.807) is 18.2 Å². The van der Waals surface area contributed by atoms with E-state index in [0.717, 1.165) is 23.9 Å². The SMILES string of the molecule is Nn1c(SCC(=O)Nc2ccc(OC(F)(F)F)cc2)nnc1-c1cc(Cl)ccc1Cl. The Morgan fingerprint density at radius 1 is 1.17 bits per heavy atom. The first kappa shape index (κ1) is 22.1. The summed E-state index contributed by atoms with van der Waals surface area (Å²) in [4.78, 5) is 12.1. The van der Waals surface area contributed by atoms with Gasteiger partial charge in [0.1, 0.15) is 5.75 Å². The van der Waals surface area contributed by atoms with Crippen LogP contribution >= 0.6 is 35.0 Å². The van der Waals surface area contributed by atoms with Gasteiger partial charge in [-0.25, -0.2) is 4.68 Å². The summed E-state index contributed by atoms with van der Waals surface area (Å²) in [7, 11) is 0. The highest BCUT2D eigenvalue weighted by Crippen LogP contribution is 2.30. The van der Waals surface area contributed by atoms with Crippen LogP contribution in [0.2, 0.25) is 10.0 Å². The molecule has 1 heterocycles. The number of aromatic nitrogens is 3. The molecule has 13 heteroatoms. The van der Waals surface area contributed by atoms with E-state index in [4.69, 9.17) is 29.0 Å². The molecule has 1 amide bonds. The standard InChI is InChI=1S/C17H12Cl2F3N5O2S/c18-9-1-6-13(19)12(7-9)15-25-26-16(27(15)23)30-8-14(28)24-10-2-4-11(5-3-10)29-17(20,21)22/h1-7H,8,23H2,(H,24,28). The van der Waals surface area contributed by atoms with Crippen LogP contribution in [0.1, 0.15) is 0 Å². The van der Waals surface area contributed by atoms with Gasteiger partial charge in [-0.3, -0.25) is 4.79 Å². The number of halogens is 5. The van der Waals surface area contributed by atoms with Crippen molar-refractivity contribution in [1.29, 1.82) is 0 Å². The van der Waals surface area contributed by atoms with Crippen molar-refractivity contribution < 1.29 is 22.7 Å². The summed E-state index contributed by atoms with van der Waals surface area (Å²) < 4.78 is 41.4. The molecule has 0 saturated carbocycles. The van der Waals surface area contributed by atoms with Crippen LogP contribution in [0.5, 0.6) is 5.75 Å². The minimum Gasteiger partial charge on any atom is -0.406 e. The first-order valence-electron chi connectivity index (χ1n) is 8.07. The zero-order chi connectivity index (χ0) is 21.9. The van der Waals surface area contributed by atoms with Crippen LogP contribution in [0.25, 0.3) is 11.4 Å². The Hall–Kier alpha value is -2.63. The summed E-state index contributed by atoms with van der Waals surface area (Å²) in [6.45, 7) is 0. The highest BCUT2D eigenvalue weighted by atomic mass is 35.5. The largest absolute Gasteiger partial charge is 0.573 e. The Morgan fingerprint density at radius 2 is 1.87 bits per heavy atom. The molecule has 0 aliphatic heterocycles. The molecule has 2 aromatic carbocycles. The Morgan fingerprint density at radius 3 is 2.53 bits per heavy atom. The normalized spacial score (nSPS) is 11.4. The number of nitrogens with zero attached hydrogens (tertiary/aromatic N) is 3. The molecule has 0 radical (unpaired) electrons. The number of carbonyl (C=O) groups excluding carboxylic acids is 1. The molecule has 0 aliphatic carbocycles. The summed E-state index contributed by atoms with van der Waals surface area (Å²) in [6, 6.07) is 9.56. The first-order chi connectivity index (χ1) is 14.1. The molecule has 30 heavy (non-hydrogen) atoms. The monoisotopic (exact) mass is 477 g/mol. The third kappa shape index (κ3) is 5.71. The topological polar surface area (TPSA) is 95.1 Å². The van der Waals surface area contributed by atoms with Crippen molar-refractivity contribution in [3.05, 3.63) is 52.5 Å². The van der Waals surface area contributed by atoms with Gasteiger partial charge in [0.05, 0.1) is 10.8 Å². The molecule has 1 aromatic heterocycles. The smallest absolute Gasteiger partial charge is 0.406 e. The maximum Gasteiger partial charge on any atom is 0.573 e. The second kappa shape index (κ2) is 9.02. The molecule has 0 spiro atoms. The van der Waals surface area contributed by atoms with E-state index in [2.05, 4.69) is 20.3 Å². The highest BCUT2D eigenvalue weighted by Gasteiger charge is 2.31. The van der Waals surface area contributed by atoms with Gasteiger partial charge in [0.2, 0.25) is 11.1 Å². The predicted octanol–water partition coefficient (Wildman–Crippen LogP) is 4.60. The fraction of sp³-hybridized carbons (Fsp3) is 0.118. The van der Waals surface area contributed by atoms with Crippen molar-refractivity contribution >= 4 is 46.6 Å². The minimum absolute atomic E-state index is 0.0700. The number of carbonyl (C=O) groups is 1. The van der Waals surface area contributed by atoms with Gasteiger partial charge in [-0.05, 0) is 42.5 Å². The Labute approximate surface area is 182 Å². The number of nitrogens with two attached hydrogens (primary N) is 1. The van der Waals surface area contributed by atoms with Gasteiger partial charge < -0.3 is 15.9 Å². The van der Waals surface area contributed by atoms with Crippen molar-refractivity contribution in [2.75, 3.05) is 16.9 Å². The lowest BCUT2D eigenvalue weighted by Crippen LogP contribution is -2.17. The van der Waals surface area contributed by atoms with Crippen LogP contribution in [0.3, 0.4) is 0 Å². The fourth-order valence-electron chi connectivity index (χ4n) is 2.30. The van der Waals surface area contributed by atoms with Gasteiger partial charge in [-0.1, -0.05) is 35.0 Å². The van der Waals surface area contributed by atoms with Crippen molar-refractivity contribution in [1.82, 2.24) is 14.9 Å². The maximum absolute atomic E-state index is 12.2. The van der Waals surface area contributed by atoms with E-state index in [-0.39, 0.29) is 16.7 Å². The number of benzene rings is 2.